The normalized spacial score (nSPS) is 14.8. The van der Waals surface area contributed by atoms with Gasteiger partial charge in [0.2, 0.25) is 0 Å². The van der Waals surface area contributed by atoms with Crippen molar-refractivity contribution >= 4 is 34.2 Å². The van der Waals surface area contributed by atoms with Crippen LogP contribution in [-0.2, 0) is 6.42 Å². The van der Waals surface area contributed by atoms with Crippen LogP contribution in [0.2, 0.25) is 0 Å². The molecule has 134 valence electrons. The van der Waals surface area contributed by atoms with Crippen LogP contribution < -0.4 is 4.90 Å². The fraction of sp³-hybridized carbons (Fsp3) is 0.389. The number of rotatable bonds is 4. The summed E-state index contributed by atoms with van der Waals surface area (Å²) in [6, 6.07) is 8.02. The Hall–Kier alpha value is -2.61. The second kappa shape index (κ2) is 7.33. The van der Waals surface area contributed by atoms with Gasteiger partial charge in [0, 0.05) is 31.6 Å². The lowest BCUT2D eigenvalue weighted by atomic mass is 10.2. The molecule has 3 heterocycles. The number of benzene rings is 1. The maximum atomic E-state index is 12.8. The van der Waals surface area contributed by atoms with Crippen molar-refractivity contribution in [3.63, 3.8) is 0 Å². The van der Waals surface area contributed by atoms with Crippen molar-refractivity contribution in [2.45, 2.75) is 19.8 Å². The molecule has 1 aromatic carbocycles. The molecule has 8 heteroatoms. The van der Waals surface area contributed by atoms with Crippen LogP contribution in [0.4, 0.5) is 5.82 Å². The predicted molar refractivity (Wildman–Crippen MR) is 102 cm³/mol. The lowest BCUT2D eigenvalue weighted by Gasteiger charge is -2.35. The molecule has 4 rings (SSSR count). The van der Waals surface area contributed by atoms with E-state index >= 15 is 0 Å². The monoisotopic (exact) mass is 368 g/mol. The summed E-state index contributed by atoms with van der Waals surface area (Å²) in [5, 5.41) is 5.16. The molecule has 0 radical (unpaired) electrons. The quantitative estimate of drug-likeness (QED) is 0.704. The number of aryl methyl sites for hydroxylation is 1. The van der Waals surface area contributed by atoms with Gasteiger partial charge in [0.1, 0.15) is 17.0 Å². The van der Waals surface area contributed by atoms with Crippen LogP contribution in [0.15, 0.2) is 30.6 Å². The first-order valence-corrected chi connectivity index (χ1v) is 9.60. The van der Waals surface area contributed by atoms with Gasteiger partial charge in [0.05, 0.1) is 11.2 Å². The van der Waals surface area contributed by atoms with E-state index < -0.39 is 0 Å². The number of anilines is 1. The summed E-state index contributed by atoms with van der Waals surface area (Å²) in [6.07, 6.45) is 3.36. The molecule has 0 saturated carbocycles. The molecule has 0 bridgehead atoms. The van der Waals surface area contributed by atoms with E-state index in [1.54, 1.807) is 6.33 Å². The summed E-state index contributed by atoms with van der Waals surface area (Å²) >= 11 is 1.20. The fourth-order valence-electron chi connectivity index (χ4n) is 3.28. The van der Waals surface area contributed by atoms with Crippen molar-refractivity contribution in [3.8, 4) is 0 Å². The van der Waals surface area contributed by atoms with Crippen LogP contribution in [0, 0.1) is 0 Å². The number of fused-ring (bicyclic) bond motifs is 1. The van der Waals surface area contributed by atoms with Crippen molar-refractivity contribution in [2.75, 3.05) is 31.1 Å². The fourth-order valence-corrected chi connectivity index (χ4v) is 3.96. The highest BCUT2D eigenvalue weighted by molar-refractivity contribution is 7.08. The van der Waals surface area contributed by atoms with Crippen LogP contribution in [0.3, 0.4) is 0 Å². The molecular formula is C18H20N6OS. The standard InChI is InChI=1S/C18H20N6OS/c1-2-5-15-16(26-22-21-15)18(25)24-10-8-23(9-11-24)17-13-6-3-4-7-14(13)19-12-20-17/h3-4,6-7,12H,2,5,8-11H2,1H3. The zero-order chi connectivity index (χ0) is 17.9. The van der Waals surface area contributed by atoms with Crippen molar-refractivity contribution in [1.29, 1.82) is 0 Å². The average molecular weight is 368 g/mol. The molecule has 0 N–H and O–H groups in total. The van der Waals surface area contributed by atoms with Crippen molar-refractivity contribution < 1.29 is 4.79 Å². The Morgan fingerprint density at radius 1 is 1.15 bits per heavy atom. The number of aromatic nitrogens is 4. The van der Waals surface area contributed by atoms with E-state index in [4.69, 9.17) is 0 Å². The topological polar surface area (TPSA) is 75.1 Å². The minimum absolute atomic E-state index is 0.0515. The SMILES string of the molecule is CCCc1nnsc1C(=O)N1CCN(c2ncnc3ccccc23)CC1. The van der Waals surface area contributed by atoms with E-state index in [1.807, 2.05) is 29.2 Å². The predicted octanol–water partition coefficient (Wildman–Crippen LogP) is 2.40. The lowest BCUT2D eigenvalue weighted by molar-refractivity contribution is 0.0750. The highest BCUT2D eigenvalue weighted by Crippen LogP contribution is 2.24. The summed E-state index contributed by atoms with van der Waals surface area (Å²) in [7, 11) is 0. The van der Waals surface area contributed by atoms with E-state index in [0.29, 0.717) is 18.0 Å². The molecule has 7 nitrogen and oxygen atoms in total. The summed E-state index contributed by atoms with van der Waals surface area (Å²) in [4.78, 5) is 26.4. The van der Waals surface area contributed by atoms with Gasteiger partial charge in [-0.1, -0.05) is 30.0 Å². The summed E-state index contributed by atoms with van der Waals surface area (Å²) < 4.78 is 3.97. The summed E-state index contributed by atoms with van der Waals surface area (Å²) in [5.41, 5.74) is 1.77. The largest absolute Gasteiger partial charge is 0.352 e. The number of carbonyl (C=O) groups is 1. The van der Waals surface area contributed by atoms with Gasteiger partial charge in [-0.3, -0.25) is 4.79 Å². The molecule has 26 heavy (non-hydrogen) atoms. The minimum atomic E-state index is 0.0515. The van der Waals surface area contributed by atoms with Crippen LogP contribution >= 0.6 is 11.5 Å². The molecule has 0 atom stereocenters. The van der Waals surface area contributed by atoms with Crippen molar-refractivity contribution in [3.05, 3.63) is 41.2 Å². The highest BCUT2D eigenvalue weighted by atomic mass is 32.1. The molecular weight excluding hydrogens is 348 g/mol. The second-order valence-electron chi connectivity index (χ2n) is 6.29. The Bertz CT molecular complexity index is 913. The van der Waals surface area contributed by atoms with Gasteiger partial charge in [0.15, 0.2) is 0 Å². The molecule has 1 aliphatic heterocycles. The Morgan fingerprint density at radius 3 is 2.77 bits per heavy atom. The maximum Gasteiger partial charge on any atom is 0.267 e. The molecule has 0 spiro atoms. The minimum Gasteiger partial charge on any atom is -0.352 e. The number of carbonyl (C=O) groups excluding carboxylic acids is 1. The highest BCUT2D eigenvalue weighted by Gasteiger charge is 2.26. The van der Waals surface area contributed by atoms with Crippen LogP contribution in [0.25, 0.3) is 10.9 Å². The zero-order valence-electron chi connectivity index (χ0n) is 14.6. The number of amides is 1. The first-order chi connectivity index (χ1) is 12.8. The Balaban J connectivity index is 1.48. The number of para-hydroxylation sites is 1. The van der Waals surface area contributed by atoms with Gasteiger partial charge in [-0.25, -0.2) is 9.97 Å². The Morgan fingerprint density at radius 2 is 1.96 bits per heavy atom. The first-order valence-electron chi connectivity index (χ1n) is 8.83. The van der Waals surface area contributed by atoms with Gasteiger partial charge in [0.25, 0.3) is 5.91 Å². The molecule has 0 unspecified atom stereocenters. The number of nitrogens with zero attached hydrogens (tertiary/aromatic N) is 6. The molecule has 3 aromatic rings. The van der Waals surface area contributed by atoms with E-state index in [1.165, 1.54) is 11.5 Å². The molecule has 2 aromatic heterocycles. The second-order valence-corrected chi connectivity index (χ2v) is 7.05. The van der Waals surface area contributed by atoms with Gasteiger partial charge in [-0.15, -0.1) is 5.10 Å². The van der Waals surface area contributed by atoms with E-state index in [0.717, 1.165) is 48.3 Å². The Labute approximate surface area is 155 Å². The third-order valence-electron chi connectivity index (χ3n) is 4.63. The summed E-state index contributed by atoms with van der Waals surface area (Å²) in [5.74, 6) is 0.990. The first kappa shape index (κ1) is 16.8. The third-order valence-corrected chi connectivity index (χ3v) is 5.38. The van der Waals surface area contributed by atoms with Gasteiger partial charge >= 0.3 is 0 Å². The van der Waals surface area contributed by atoms with E-state index in [9.17, 15) is 4.79 Å². The average Bonchev–Trinajstić information content (AvgIpc) is 3.16. The zero-order valence-corrected chi connectivity index (χ0v) is 15.4. The van der Waals surface area contributed by atoms with E-state index in [-0.39, 0.29) is 5.91 Å². The molecule has 1 amide bonds. The summed E-state index contributed by atoms with van der Waals surface area (Å²) in [6.45, 7) is 4.92. The number of piperazine rings is 1. The molecule has 1 fully saturated rings. The van der Waals surface area contributed by atoms with E-state index in [2.05, 4.69) is 31.4 Å². The van der Waals surface area contributed by atoms with Crippen LogP contribution in [0.1, 0.15) is 28.7 Å². The number of hydrogen-bond donors (Lipinski definition) is 0. The Kier molecular flexibility index (Phi) is 4.75. The van der Waals surface area contributed by atoms with Crippen molar-refractivity contribution in [1.82, 2.24) is 24.5 Å². The van der Waals surface area contributed by atoms with Crippen LogP contribution in [-0.4, -0.2) is 56.5 Å². The third kappa shape index (κ3) is 3.12. The van der Waals surface area contributed by atoms with Crippen molar-refractivity contribution in [2.24, 2.45) is 0 Å². The van der Waals surface area contributed by atoms with Gasteiger partial charge in [-0.2, -0.15) is 0 Å². The maximum absolute atomic E-state index is 12.8. The molecule has 1 saturated heterocycles. The van der Waals surface area contributed by atoms with Gasteiger partial charge in [-0.05, 0) is 30.1 Å². The van der Waals surface area contributed by atoms with Gasteiger partial charge < -0.3 is 9.80 Å². The smallest absolute Gasteiger partial charge is 0.267 e. The number of hydrogen-bond acceptors (Lipinski definition) is 7. The molecule has 0 aliphatic carbocycles. The van der Waals surface area contributed by atoms with Crippen LogP contribution in [0.5, 0.6) is 0 Å². The lowest BCUT2D eigenvalue weighted by Crippen LogP contribution is -2.49. The molecule has 1 aliphatic rings.